The van der Waals surface area contributed by atoms with Crippen molar-refractivity contribution in [1.29, 1.82) is 0 Å². The number of fused-ring (bicyclic) bond motifs is 1. The van der Waals surface area contributed by atoms with Crippen LogP contribution in [0.15, 0.2) is 66.7 Å². The molecule has 1 amide bonds. The Kier molecular flexibility index (Phi) is 5.99. The average molecular weight is 389 g/mol. The van der Waals surface area contributed by atoms with Gasteiger partial charge in [-0.25, -0.2) is 0 Å². The Hall–Kier alpha value is -3.01. The Morgan fingerprint density at radius 1 is 0.966 bits per heavy atom. The molecule has 3 aromatic carbocycles. The van der Waals surface area contributed by atoms with Crippen molar-refractivity contribution in [3.05, 3.63) is 72.3 Å². The molecule has 1 N–H and O–H groups in total. The number of hydrogen-bond acceptors (Lipinski definition) is 3. The highest BCUT2D eigenvalue weighted by Crippen LogP contribution is 2.26. The minimum Gasteiger partial charge on any atom is -0.480 e. The third-order valence-corrected chi connectivity index (χ3v) is 5.55. The molecule has 0 unspecified atom stereocenters. The van der Waals surface area contributed by atoms with Gasteiger partial charge in [0.1, 0.15) is 5.75 Å². The van der Waals surface area contributed by atoms with E-state index in [4.69, 9.17) is 4.74 Å². The molecule has 3 aromatic rings. The molecule has 29 heavy (non-hydrogen) atoms. The van der Waals surface area contributed by atoms with Crippen molar-refractivity contribution < 1.29 is 9.53 Å². The molecule has 4 rings (SSSR count). The lowest BCUT2D eigenvalue weighted by Crippen LogP contribution is -2.36. The predicted octanol–water partition coefficient (Wildman–Crippen LogP) is 4.91. The first-order valence-electron chi connectivity index (χ1n) is 10.5. The highest BCUT2D eigenvalue weighted by atomic mass is 16.5. The van der Waals surface area contributed by atoms with Crippen LogP contribution >= 0.6 is 0 Å². The highest BCUT2D eigenvalue weighted by Gasteiger charge is 2.16. The fourth-order valence-corrected chi connectivity index (χ4v) is 3.85. The SMILES string of the molecule is C[C@@H](Oc1cccc2ccccc12)C(=O)NCc1ccc(N2CCCCC2)cc1. The van der Waals surface area contributed by atoms with Crippen molar-refractivity contribution in [3.63, 3.8) is 0 Å². The summed E-state index contributed by atoms with van der Waals surface area (Å²) in [6.45, 7) is 4.57. The summed E-state index contributed by atoms with van der Waals surface area (Å²) >= 11 is 0. The third-order valence-electron chi connectivity index (χ3n) is 5.55. The minimum absolute atomic E-state index is 0.113. The third kappa shape index (κ3) is 4.70. The van der Waals surface area contributed by atoms with Crippen molar-refractivity contribution >= 4 is 22.4 Å². The van der Waals surface area contributed by atoms with Crippen LogP contribution in [-0.4, -0.2) is 25.1 Å². The van der Waals surface area contributed by atoms with Gasteiger partial charge in [-0.05, 0) is 55.3 Å². The van der Waals surface area contributed by atoms with Crippen LogP contribution in [0.5, 0.6) is 5.75 Å². The lowest BCUT2D eigenvalue weighted by Gasteiger charge is -2.28. The Balaban J connectivity index is 1.33. The van der Waals surface area contributed by atoms with Crippen LogP contribution in [0, 0.1) is 0 Å². The van der Waals surface area contributed by atoms with E-state index in [-0.39, 0.29) is 5.91 Å². The van der Waals surface area contributed by atoms with Gasteiger partial charge in [0.15, 0.2) is 6.10 Å². The molecular formula is C25H28N2O2. The van der Waals surface area contributed by atoms with Crippen molar-refractivity contribution in [2.24, 2.45) is 0 Å². The van der Waals surface area contributed by atoms with Gasteiger partial charge in [0.2, 0.25) is 0 Å². The molecule has 1 saturated heterocycles. The van der Waals surface area contributed by atoms with Crippen LogP contribution in [0.1, 0.15) is 31.7 Å². The van der Waals surface area contributed by atoms with Crippen molar-refractivity contribution in [1.82, 2.24) is 5.32 Å². The van der Waals surface area contributed by atoms with Gasteiger partial charge in [-0.2, -0.15) is 0 Å². The van der Waals surface area contributed by atoms with Gasteiger partial charge in [-0.15, -0.1) is 0 Å². The van der Waals surface area contributed by atoms with Gasteiger partial charge in [-0.3, -0.25) is 4.79 Å². The Morgan fingerprint density at radius 3 is 2.48 bits per heavy atom. The molecular weight excluding hydrogens is 360 g/mol. The van der Waals surface area contributed by atoms with Crippen LogP contribution < -0.4 is 15.0 Å². The summed E-state index contributed by atoms with van der Waals surface area (Å²) in [6, 6.07) is 22.4. The lowest BCUT2D eigenvalue weighted by atomic mass is 10.1. The van der Waals surface area contributed by atoms with E-state index >= 15 is 0 Å². The van der Waals surface area contributed by atoms with Crippen molar-refractivity contribution in [2.75, 3.05) is 18.0 Å². The summed E-state index contributed by atoms with van der Waals surface area (Å²) in [5, 5.41) is 5.11. The van der Waals surface area contributed by atoms with Gasteiger partial charge < -0.3 is 15.0 Å². The van der Waals surface area contributed by atoms with Crippen molar-refractivity contribution in [2.45, 2.75) is 38.8 Å². The van der Waals surface area contributed by atoms with Crippen LogP contribution in [0.4, 0.5) is 5.69 Å². The molecule has 0 saturated carbocycles. The zero-order valence-electron chi connectivity index (χ0n) is 16.9. The molecule has 1 aliphatic heterocycles. The Bertz CT molecular complexity index is 957. The topological polar surface area (TPSA) is 41.6 Å². The molecule has 0 spiro atoms. The van der Waals surface area contributed by atoms with Gasteiger partial charge in [0, 0.05) is 30.7 Å². The first-order chi connectivity index (χ1) is 14.2. The normalized spacial score (nSPS) is 15.1. The maximum atomic E-state index is 12.5. The van der Waals surface area contributed by atoms with E-state index in [0.717, 1.165) is 35.2 Å². The van der Waals surface area contributed by atoms with E-state index < -0.39 is 6.10 Å². The molecule has 150 valence electrons. The van der Waals surface area contributed by atoms with E-state index in [2.05, 4.69) is 34.5 Å². The molecule has 1 heterocycles. The Labute approximate surface area is 172 Å². The molecule has 4 heteroatoms. The highest BCUT2D eigenvalue weighted by molar-refractivity contribution is 5.89. The molecule has 4 nitrogen and oxygen atoms in total. The van der Waals surface area contributed by atoms with E-state index in [9.17, 15) is 4.79 Å². The number of amides is 1. The summed E-state index contributed by atoms with van der Waals surface area (Å²) < 4.78 is 5.96. The molecule has 0 aromatic heterocycles. The standard InChI is InChI=1S/C25H28N2O2/c1-19(29-24-11-7-9-21-8-3-4-10-23(21)24)25(28)26-18-20-12-14-22(15-13-20)27-16-5-2-6-17-27/h3-4,7-15,19H,2,5-6,16-18H2,1H3,(H,26,28)/t19-/m1/s1. The van der Waals surface area contributed by atoms with Crippen LogP contribution in [-0.2, 0) is 11.3 Å². The molecule has 1 atom stereocenters. The number of rotatable bonds is 6. The number of benzene rings is 3. The van der Waals surface area contributed by atoms with E-state index in [1.54, 1.807) is 6.92 Å². The second-order valence-electron chi connectivity index (χ2n) is 7.67. The first-order valence-corrected chi connectivity index (χ1v) is 10.5. The number of carbonyl (C=O) groups is 1. The number of ether oxygens (including phenoxy) is 1. The Morgan fingerprint density at radius 2 is 1.69 bits per heavy atom. The molecule has 0 bridgehead atoms. The molecule has 0 radical (unpaired) electrons. The quantitative estimate of drug-likeness (QED) is 0.652. The second kappa shape index (κ2) is 8.99. The van der Waals surface area contributed by atoms with E-state index in [1.165, 1.54) is 24.9 Å². The summed E-state index contributed by atoms with van der Waals surface area (Å²) in [6.07, 6.45) is 3.31. The fourth-order valence-electron chi connectivity index (χ4n) is 3.85. The lowest BCUT2D eigenvalue weighted by molar-refractivity contribution is -0.127. The number of piperidine rings is 1. The maximum absolute atomic E-state index is 12.5. The van der Waals surface area contributed by atoms with Gasteiger partial charge in [-0.1, -0.05) is 48.5 Å². The van der Waals surface area contributed by atoms with Gasteiger partial charge in [0.25, 0.3) is 5.91 Å². The number of nitrogens with one attached hydrogen (secondary N) is 1. The smallest absolute Gasteiger partial charge is 0.261 e. The average Bonchev–Trinajstić information content (AvgIpc) is 2.78. The van der Waals surface area contributed by atoms with Gasteiger partial charge in [0.05, 0.1) is 0 Å². The minimum atomic E-state index is -0.562. The molecule has 0 aliphatic carbocycles. The largest absolute Gasteiger partial charge is 0.480 e. The monoisotopic (exact) mass is 388 g/mol. The number of hydrogen-bond donors (Lipinski definition) is 1. The van der Waals surface area contributed by atoms with Crippen LogP contribution in [0.3, 0.4) is 0 Å². The summed E-state index contributed by atoms with van der Waals surface area (Å²) in [5.74, 6) is 0.620. The zero-order valence-corrected chi connectivity index (χ0v) is 16.9. The summed E-state index contributed by atoms with van der Waals surface area (Å²) in [5.41, 5.74) is 2.36. The van der Waals surface area contributed by atoms with E-state index in [0.29, 0.717) is 6.54 Å². The maximum Gasteiger partial charge on any atom is 0.261 e. The second-order valence-corrected chi connectivity index (χ2v) is 7.67. The molecule has 1 aliphatic rings. The fraction of sp³-hybridized carbons (Fsp3) is 0.320. The predicted molar refractivity (Wildman–Crippen MR) is 118 cm³/mol. The van der Waals surface area contributed by atoms with Gasteiger partial charge >= 0.3 is 0 Å². The number of nitrogens with zero attached hydrogens (tertiary/aromatic N) is 1. The number of anilines is 1. The van der Waals surface area contributed by atoms with Crippen LogP contribution in [0.25, 0.3) is 10.8 Å². The first kappa shape index (κ1) is 19.3. The summed E-state index contributed by atoms with van der Waals surface area (Å²) in [4.78, 5) is 15.0. The van der Waals surface area contributed by atoms with Crippen LogP contribution in [0.2, 0.25) is 0 Å². The number of carbonyl (C=O) groups excluding carboxylic acids is 1. The zero-order chi connectivity index (χ0) is 20.1. The van der Waals surface area contributed by atoms with Crippen molar-refractivity contribution in [3.8, 4) is 5.75 Å². The molecule has 1 fully saturated rings. The van der Waals surface area contributed by atoms with E-state index in [1.807, 2.05) is 42.5 Å². The summed E-state index contributed by atoms with van der Waals surface area (Å²) in [7, 11) is 0.